The molecule has 8 nitrogen and oxygen atoms in total. The molecule has 0 radical (unpaired) electrons. The Morgan fingerprint density at radius 1 is 0.875 bits per heavy atom. The molecule has 8 heteroatoms. The van der Waals surface area contributed by atoms with Gasteiger partial charge in [0, 0.05) is 47.7 Å². The zero-order chi connectivity index (χ0) is 26.9. The molecule has 0 bridgehead atoms. The van der Waals surface area contributed by atoms with Gasteiger partial charge in [-0.3, -0.25) is 20.1 Å². The van der Waals surface area contributed by atoms with E-state index in [-0.39, 0.29) is 0 Å². The summed E-state index contributed by atoms with van der Waals surface area (Å²) in [6.07, 6.45) is 13.8. The van der Waals surface area contributed by atoms with Gasteiger partial charge in [-0.1, -0.05) is 36.9 Å². The molecule has 1 saturated heterocycles. The fourth-order valence-electron chi connectivity index (χ4n) is 5.57. The zero-order valence-corrected chi connectivity index (χ0v) is 22.2. The Balaban J connectivity index is 1.19. The molecule has 0 atom stereocenters. The maximum absolute atomic E-state index is 4.70. The van der Waals surface area contributed by atoms with Crippen molar-refractivity contribution in [2.24, 2.45) is 0 Å². The first-order valence-electron chi connectivity index (χ1n) is 13.7. The van der Waals surface area contributed by atoms with Crippen LogP contribution in [0.15, 0.2) is 91.8 Å². The molecule has 6 heterocycles. The van der Waals surface area contributed by atoms with Crippen LogP contribution in [0.3, 0.4) is 0 Å². The zero-order valence-electron chi connectivity index (χ0n) is 22.2. The number of allylic oxidation sites excluding steroid dienone is 1. The summed E-state index contributed by atoms with van der Waals surface area (Å²) in [4.78, 5) is 19.7. The highest BCUT2D eigenvalue weighted by atomic mass is 15.1. The van der Waals surface area contributed by atoms with Crippen LogP contribution in [0.25, 0.3) is 44.5 Å². The summed E-state index contributed by atoms with van der Waals surface area (Å²) < 4.78 is 0. The van der Waals surface area contributed by atoms with Gasteiger partial charge in [0.1, 0.15) is 5.69 Å². The lowest BCUT2D eigenvalue weighted by atomic mass is 10.1. The number of nitrogens with zero attached hydrogens (tertiary/aromatic N) is 5. The predicted octanol–water partition coefficient (Wildman–Crippen LogP) is 6.72. The third-order valence-electron chi connectivity index (χ3n) is 7.54. The Bertz CT molecular complexity index is 1810. The fourth-order valence-corrected chi connectivity index (χ4v) is 5.57. The maximum atomic E-state index is 4.70. The van der Waals surface area contributed by atoms with Crippen LogP contribution in [0.5, 0.6) is 0 Å². The number of nitrogens with one attached hydrogen (secondary N) is 3. The number of aromatic amines is 2. The lowest BCUT2D eigenvalue weighted by Gasteiger charge is -2.28. The van der Waals surface area contributed by atoms with Gasteiger partial charge in [0.25, 0.3) is 0 Å². The van der Waals surface area contributed by atoms with E-state index in [1.54, 1.807) is 6.20 Å². The molecule has 0 unspecified atom stereocenters. The fraction of sp³-hybridized carbons (Fsp3) is 0.188. The molecule has 6 aromatic rings. The molecule has 198 valence electrons. The van der Waals surface area contributed by atoms with Crippen molar-refractivity contribution < 1.29 is 0 Å². The summed E-state index contributed by atoms with van der Waals surface area (Å²) in [5, 5.41) is 13.4. The summed E-state index contributed by atoms with van der Waals surface area (Å²) in [6.45, 7) is 6.35. The molecule has 1 aliphatic rings. The largest absolute Gasteiger partial charge is 0.370 e. The number of anilines is 2. The molecular formula is C32H30N8. The number of H-pyrrole nitrogens is 2. The minimum Gasteiger partial charge on any atom is -0.370 e. The Hall–Kier alpha value is -4.98. The first-order chi connectivity index (χ1) is 19.7. The predicted molar refractivity (Wildman–Crippen MR) is 161 cm³/mol. The van der Waals surface area contributed by atoms with E-state index in [9.17, 15) is 0 Å². The highest BCUT2D eigenvalue weighted by molar-refractivity contribution is 6.00. The SMILES string of the molecule is C=C(Cc1ccccc1)Nc1cncc(-c2cc3c(-c4cc5c(N6CCCCC6)cncc5[nH]4)n[nH]c3cn2)c1. The van der Waals surface area contributed by atoms with E-state index in [1.807, 2.05) is 43.0 Å². The summed E-state index contributed by atoms with van der Waals surface area (Å²) in [5.74, 6) is 0. The molecule has 1 aliphatic heterocycles. The summed E-state index contributed by atoms with van der Waals surface area (Å²) in [7, 11) is 0. The van der Waals surface area contributed by atoms with E-state index in [0.717, 1.165) is 70.0 Å². The van der Waals surface area contributed by atoms with Crippen LogP contribution in [0.4, 0.5) is 11.4 Å². The average molecular weight is 527 g/mol. The van der Waals surface area contributed by atoms with Gasteiger partial charge >= 0.3 is 0 Å². The maximum Gasteiger partial charge on any atom is 0.116 e. The van der Waals surface area contributed by atoms with Crippen molar-refractivity contribution in [2.45, 2.75) is 25.7 Å². The van der Waals surface area contributed by atoms with Crippen molar-refractivity contribution >= 4 is 33.2 Å². The standard InChI is InChI=1S/C32H30N8/c1-21(12-22-8-4-2-5-9-22)36-24-13-23(16-33-17-24)27-15-26-30(19-35-27)38-39-32(26)28-14-25-29(37-28)18-34-20-31(25)40-10-6-3-7-11-40/h2,4-5,8-9,13-20,36-37H,1,3,6-7,10-12H2,(H,38,39). The monoisotopic (exact) mass is 526 g/mol. The van der Waals surface area contributed by atoms with Crippen molar-refractivity contribution in [3.63, 3.8) is 0 Å². The first-order valence-corrected chi connectivity index (χ1v) is 13.7. The molecule has 7 rings (SSSR count). The van der Waals surface area contributed by atoms with E-state index in [4.69, 9.17) is 4.98 Å². The van der Waals surface area contributed by atoms with Gasteiger partial charge < -0.3 is 15.2 Å². The number of hydrogen-bond acceptors (Lipinski definition) is 6. The minimum atomic E-state index is 0.743. The molecule has 3 N–H and O–H groups in total. The molecule has 1 fully saturated rings. The number of pyridine rings is 3. The third kappa shape index (κ3) is 4.68. The van der Waals surface area contributed by atoms with Crippen molar-refractivity contribution in [2.75, 3.05) is 23.3 Å². The second kappa shape index (κ2) is 10.3. The second-order valence-corrected chi connectivity index (χ2v) is 10.4. The smallest absolute Gasteiger partial charge is 0.116 e. The van der Waals surface area contributed by atoms with Crippen molar-refractivity contribution in [1.82, 2.24) is 30.1 Å². The Labute approximate surface area is 232 Å². The topological polar surface area (TPSA) is 98.4 Å². The molecule has 0 aliphatic carbocycles. The van der Waals surface area contributed by atoms with Gasteiger partial charge in [0.2, 0.25) is 0 Å². The van der Waals surface area contributed by atoms with Gasteiger partial charge in [0.05, 0.1) is 58.6 Å². The van der Waals surface area contributed by atoms with Crippen molar-refractivity contribution in [1.29, 1.82) is 0 Å². The molecule has 40 heavy (non-hydrogen) atoms. The van der Waals surface area contributed by atoms with E-state index in [1.165, 1.54) is 35.9 Å². The molecule has 1 aromatic carbocycles. The van der Waals surface area contributed by atoms with Crippen LogP contribution in [-0.4, -0.2) is 43.2 Å². The Kier molecular flexibility index (Phi) is 6.20. The van der Waals surface area contributed by atoms with Crippen LogP contribution < -0.4 is 10.2 Å². The summed E-state index contributed by atoms with van der Waals surface area (Å²) in [6, 6.07) is 16.6. The Morgan fingerprint density at radius 3 is 2.60 bits per heavy atom. The van der Waals surface area contributed by atoms with Gasteiger partial charge in [-0.15, -0.1) is 0 Å². The highest BCUT2D eigenvalue weighted by Gasteiger charge is 2.18. The molecule has 0 amide bonds. The number of hydrogen-bond donors (Lipinski definition) is 3. The molecule has 0 spiro atoms. The highest BCUT2D eigenvalue weighted by Crippen LogP contribution is 2.34. The van der Waals surface area contributed by atoms with Crippen LogP contribution in [0, 0.1) is 0 Å². The molecular weight excluding hydrogens is 496 g/mol. The van der Waals surface area contributed by atoms with E-state index in [0.29, 0.717) is 0 Å². The quantitative estimate of drug-likeness (QED) is 0.214. The number of fused-ring (bicyclic) bond motifs is 2. The lowest BCUT2D eigenvalue weighted by molar-refractivity contribution is 0.578. The van der Waals surface area contributed by atoms with Crippen molar-refractivity contribution in [3.05, 3.63) is 97.4 Å². The van der Waals surface area contributed by atoms with Crippen molar-refractivity contribution in [3.8, 4) is 22.6 Å². The van der Waals surface area contributed by atoms with Crippen LogP contribution >= 0.6 is 0 Å². The minimum absolute atomic E-state index is 0.743. The van der Waals surface area contributed by atoms with Gasteiger partial charge in [-0.25, -0.2) is 0 Å². The number of aromatic nitrogens is 6. The number of piperidine rings is 1. The third-order valence-corrected chi connectivity index (χ3v) is 7.54. The van der Waals surface area contributed by atoms with Gasteiger partial charge in [-0.2, -0.15) is 5.10 Å². The summed E-state index contributed by atoms with van der Waals surface area (Å²) >= 11 is 0. The van der Waals surface area contributed by atoms with E-state index < -0.39 is 0 Å². The second-order valence-electron chi connectivity index (χ2n) is 10.4. The summed E-state index contributed by atoms with van der Waals surface area (Å²) in [5.41, 5.74) is 9.63. The lowest BCUT2D eigenvalue weighted by Crippen LogP contribution is -2.29. The average Bonchev–Trinajstić information content (AvgIpc) is 3.62. The molecule has 0 saturated carbocycles. The van der Waals surface area contributed by atoms with Crippen LogP contribution in [0.2, 0.25) is 0 Å². The Morgan fingerprint density at radius 2 is 1.73 bits per heavy atom. The number of benzene rings is 1. The van der Waals surface area contributed by atoms with Gasteiger partial charge in [-0.05, 0) is 43.0 Å². The normalized spacial score (nSPS) is 13.7. The van der Waals surface area contributed by atoms with Crippen LogP contribution in [0.1, 0.15) is 24.8 Å². The van der Waals surface area contributed by atoms with E-state index in [2.05, 4.69) is 72.3 Å². The first kappa shape index (κ1) is 24.1. The number of rotatable bonds is 7. The van der Waals surface area contributed by atoms with E-state index >= 15 is 0 Å². The van der Waals surface area contributed by atoms with Crippen LogP contribution in [-0.2, 0) is 6.42 Å². The van der Waals surface area contributed by atoms with Gasteiger partial charge in [0.15, 0.2) is 0 Å². The molecule has 5 aromatic heterocycles.